The summed E-state index contributed by atoms with van der Waals surface area (Å²) in [5, 5.41) is 0.265. The van der Waals surface area contributed by atoms with Crippen molar-refractivity contribution in [2.45, 2.75) is 11.8 Å². The smallest absolute Gasteiger partial charge is 0.244 e. The molecule has 0 spiro atoms. The Bertz CT molecular complexity index is 849. The van der Waals surface area contributed by atoms with Crippen LogP contribution in [0.4, 0.5) is 0 Å². The molecule has 3 rings (SSSR count). The molecule has 5 nitrogen and oxygen atoms in total. The third-order valence-electron chi connectivity index (χ3n) is 4.54. The lowest BCUT2D eigenvalue weighted by molar-refractivity contribution is 0.158. The van der Waals surface area contributed by atoms with E-state index in [1.54, 1.807) is 24.3 Å². The van der Waals surface area contributed by atoms with E-state index in [0.29, 0.717) is 32.8 Å². The summed E-state index contributed by atoms with van der Waals surface area (Å²) >= 11 is 6.06. The summed E-state index contributed by atoms with van der Waals surface area (Å²) in [4.78, 5) is 2.40. The van der Waals surface area contributed by atoms with Crippen LogP contribution >= 0.6 is 11.6 Å². The van der Waals surface area contributed by atoms with E-state index >= 15 is 0 Å². The average Bonchev–Trinajstić information content (AvgIpc) is 2.64. The van der Waals surface area contributed by atoms with Gasteiger partial charge in [-0.2, -0.15) is 4.31 Å². The maximum Gasteiger partial charge on any atom is 0.244 e. The van der Waals surface area contributed by atoms with Gasteiger partial charge in [0, 0.05) is 32.7 Å². The highest BCUT2D eigenvalue weighted by molar-refractivity contribution is 7.89. The van der Waals surface area contributed by atoms with E-state index in [2.05, 4.69) is 4.90 Å². The molecule has 0 aromatic heterocycles. The highest BCUT2D eigenvalue weighted by atomic mass is 35.5. The van der Waals surface area contributed by atoms with Gasteiger partial charge in [0.25, 0.3) is 0 Å². The maximum atomic E-state index is 12.7. The molecule has 1 saturated heterocycles. The van der Waals surface area contributed by atoms with Crippen LogP contribution in [-0.2, 0) is 10.0 Å². The predicted octanol–water partition coefficient (Wildman–Crippen LogP) is 3.03. The normalized spacial score (nSPS) is 16.5. The number of aryl methyl sites for hydroxylation is 1. The van der Waals surface area contributed by atoms with Crippen molar-refractivity contribution in [1.29, 1.82) is 0 Å². The predicted molar refractivity (Wildman–Crippen MR) is 103 cm³/mol. The fourth-order valence-corrected chi connectivity index (χ4v) is 4.90. The SMILES string of the molecule is Cc1ccccc1OCCN1CCN(S(=O)(=O)c2ccccc2Cl)CC1. The molecule has 1 aliphatic rings. The van der Waals surface area contributed by atoms with Crippen molar-refractivity contribution < 1.29 is 13.2 Å². The Kier molecular flexibility index (Phi) is 6.19. The largest absolute Gasteiger partial charge is 0.492 e. The number of hydrogen-bond acceptors (Lipinski definition) is 4. The molecular weight excluding hydrogens is 372 g/mol. The molecule has 0 bridgehead atoms. The molecule has 26 heavy (non-hydrogen) atoms. The number of nitrogens with zero attached hydrogens (tertiary/aromatic N) is 2. The van der Waals surface area contributed by atoms with Crippen LogP contribution in [0.3, 0.4) is 0 Å². The zero-order valence-electron chi connectivity index (χ0n) is 14.8. The molecule has 0 amide bonds. The molecule has 0 radical (unpaired) electrons. The summed E-state index contributed by atoms with van der Waals surface area (Å²) < 4.78 is 32.8. The molecule has 140 valence electrons. The number of hydrogen-bond donors (Lipinski definition) is 0. The van der Waals surface area contributed by atoms with Crippen molar-refractivity contribution in [3.05, 3.63) is 59.1 Å². The van der Waals surface area contributed by atoms with Crippen molar-refractivity contribution in [2.24, 2.45) is 0 Å². The van der Waals surface area contributed by atoms with Crippen molar-refractivity contribution in [1.82, 2.24) is 9.21 Å². The first kappa shape index (κ1) is 19.2. The van der Waals surface area contributed by atoms with Crippen molar-refractivity contribution >= 4 is 21.6 Å². The second kappa shape index (κ2) is 8.39. The monoisotopic (exact) mass is 394 g/mol. The van der Waals surface area contributed by atoms with Gasteiger partial charge in [0.15, 0.2) is 0 Å². The van der Waals surface area contributed by atoms with Crippen LogP contribution < -0.4 is 4.74 Å². The van der Waals surface area contributed by atoms with E-state index in [0.717, 1.165) is 17.9 Å². The molecular formula is C19H23ClN2O3S. The average molecular weight is 395 g/mol. The summed E-state index contributed by atoms with van der Waals surface area (Å²) in [5.41, 5.74) is 1.11. The van der Waals surface area contributed by atoms with E-state index in [1.165, 1.54) is 4.31 Å². The first-order valence-electron chi connectivity index (χ1n) is 8.64. The van der Waals surface area contributed by atoms with Crippen LogP contribution in [0.25, 0.3) is 0 Å². The number of sulfonamides is 1. The quantitative estimate of drug-likeness (QED) is 0.755. The molecule has 1 fully saturated rings. The fraction of sp³-hybridized carbons (Fsp3) is 0.368. The standard InChI is InChI=1S/C19H23ClN2O3S/c1-16-6-2-4-8-18(16)25-15-14-21-10-12-22(13-11-21)26(23,24)19-9-5-3-7-17(19)20/h2-9H,10-15H2,1H3. The van der Waals surface area contributed by atoms with Crippen LogP contribution in [0.5, 0.6) is 5.75 Å². The van der Waals surface area contributed by atoms with Crippen LogP contribution in [0, 0.1) is 6.92 Å². The van der Waals surface area contributed by atoms with Crippen LogP contribution in [0.2, 0.25) is 5.02 Å². The van der Waals surface area contributed by atoms with Gasteiger partial charge in [0.1, 0.15) is 17.3 Å². The Hall–Kier alpha value is -1.60. The van der Waals surface area contributed by atoms with E-state index in [-0.39, 0.29) is 9.92 Å². The van der Waals surface area contributed by atoms with Gasteiger partial charge in [-0.05, 0) is 30.7 Å². The maximum absolute atomic E-state index is 12.7. The number of piperazine rings is 1. The van der Waals surface area contributed by atoms with E-state index < -0.39 is 10.0 Å². The van der Waals surface area contributed by atoms with Crippen LogP contribution in [-0.4, -0.2) is 57.0 Å². The molecule has 2 aromatic carbocycles. The van der Waals surface area contributed by atoms with Crippen molar-refractivity contribution in [3.63, 3.8) is 0 Å². The third kappa shape index (κ3) is 4.38. The lowest BCUT2D eigenvalue weighted by atomic mass is 10.2. The first-order chi connectivity index (χ1) is 12.5. The topological polar surface area (TPSA) is 49.9 Å². The lowest BCUT2D eigenvalue weighted by Crippen LogP contribution is -2.49. The zero-order chi connectivity index (χ0) is 18.6. The summed E-state index contributed by atoms with van der Waals surface area (Å²) in [6.07, 6.45) is 0. The second-order valence-electron chi connectivity index (χ2n) is 6.29. The minimum absolute atomic E-state index is 0.179. The summed E-state index contributed by atoms with van der Waals surface area (Å²) in [5.74, 6) is 0.896. The van der Waals surface area contributed by atoms with E-state index in [4.69, 9.17) is 16.3 Å². The van der Waals surface area contributed by atoms with Crippen LogP contribution in [0.15, 0.2) is 53.4 Å². The highest BCUT2D eigenvalue weighted by Gasteiger charge is 2.29. The van der Waals surface area contributed by atoms with E-state index in [1.807, 2.05) is 31.2 Å². The summed E-state index contributed by atoms with van der Waals surface area (Å²) in [7, 11) is -3.54. The van der Waals surface area contributed by atoms with Gasteiger partial charge >= 0.3 is 0 Å². The number of rotatable bonds is 6. The Morgan fingerprint density at radius 3 is 2.35 bits per heavy atom. The Morgan fingerprint density at radius 1 is 1.00 bits per heavy atom. The number of para-hydroxylation sites is 1. The molecule has 0 aliphatic carbocycles. The molecule has 0 N–H and O–H groups in total. The summed E-state index contributed by atoms with van der Waals surface area (Å²) in [6.45, 7) is 5.65. The fourth-order valence-electron chi connectivity index (χ4n) is 2.99. The number of benzene rings is 2. The molecule has 1 aliphatic heterocycles. The minimum Gasteiger partial charge on any atom is -0.492 e. The first-order valence-corrected chi connectivity index (χ1v) is 10.5. The van der Waals surface area contributed by atoms with Crippen molar-refractivity contribution in [3.8, 4) is 5.75 Å². The molecule has 0 unspecified atom stereocenters. The minimum atomic E-state index is -3.54. The van der Waals surface area contributed by atoms with Gasteiger partial charge in [0.05, 0.1) is 5.02 Å². The lowest BCUT2D eigenvalue weighted by Gasteiger charge is -2.34. The van der Waals surface area contributed by atoms with Gasteiger partial charge in [-0.25, -0.2) is 8.42 Å². The Balaban J connectivity index is 1.51. The number of halogens is 1. The van der Waals surface area contributed by atoms with Crippen LogP contribution in [0.1, 0.15) is 5.56 Å². The molecule has 0 saturated carbocycles. The zero-order valence-corrected chi connectivity index (χ0v) is 16.3. The molecule has 1 heterocycles. The van der Waals surface area contributed by atoms with Gasteiger partial charge in [-0.1, -0.05) is 41.9 Å². The molecule has 7 heteroatoms. The van der Waals surface area contributed by atoms with Gasteiger partial charge in [-0.3, -0.25) is 4.90 Å². The van der Waals surface area contributed by atoms with Gasteiger partial charge in [-0.15, -0.1) is 0 Å². The number of ether oxygens (including phenoxy) is 1. The van der Waals surface area contributed by atoms with E-state index in [9.17, 15) is 8.42 Å². The van der Waals surface area contributed by atoms with Crippen molar-refractivity contribution in [2.75, 3.05) is 39.3 Å². The molecule has 2 aromatic rings. The van der Waals surface area contributed by atoms with Gasteiger partial charge < -0.3 is 4.74 Å². The third-order valence-corrected chi connectivity index (χ3v) is 6.94. The highest BCUT2D eigenvalue weighted by Crippen LogP contribution is 2.25. The van der Waals surface area contributed by atoms with Gasteiger partial charge in [0.2, 0.25) is 10.0 Å². The Labute approximate surface area is 160 Å². The summed E-state index contributed by atoms with van der Waals surface area (Å²) in [6, 6.07) is 14.5. The Morgan fingerprint density at radius 2 is 1.65 bits per heavy atom. The molecule has 0 atom stereocenters. The second-order valence-corrected chi connectivity index (χ2v) is 8.60.